The summed E-state index contributed by atoms with van der Waals surface area (Å²) < 4.78 is 0. The van der Waals surface area contributed by atoms with Crippen molar-refractivity contribution in [3.05, 3.63) is 143 Å². The van der Waals surface area contributed by atoms with Crippen molar-refractivity contribution in [3.63, 3.8) is 0 Å². The molecule has 2 N–H and O–H groups in total. The number of benzene rings is 5. The molecule has 0 aliphatic heterocycles. The molecular weight excluding hydrogens is 526 g/mol. The van der Waals surface area contributed by atoms with Gasteiger partial charge in [0, 0.05) is 16.8 Å². The van der Waals surface area contributed by atoms with E-state index >= 15 is 0 Å². The maximum Gasteiger partial charge on any atom is 0.256 e. The first-order valence-electron chi connectivity index (χ1n) is 14.0. The lowest BCUT2D eigenvalue weighted by Crippen LogP contribution is -2.14. The van der Waals surface area contributed by atoms with Crippen LogP contribution in [0, 0.1) is 11.8 Å². The first-order valence-corrected chi connectivity index (χ1v) is 14.3. The van der Waals surface area contributed by atoms with Gasteiger partial charge in [0.05, 0.1) is 11.6 Å². The van der Waals surface area contributed by atoms with Crippen LogP contribution < -0.4 is 5.32 Å². The summed E-state index contributed by atoms with van der Waals surface area (Å²) in [6, 6.07) is 36.2. The van der Waals surface area contributed by atoms with Gasteiger partial charge in [0.15, 0.2) is 0 Å². The number of fused-ring (bicyclic) bond motifs is 1. The molecule has 5 aromatic rings. The molecule has 0 amide bonds. The lowest BCUT2D eigenvalue weighted by Gasteiger charge is -2.23. The number of phenols is 1. The lowest BCUT2D eigenvalue weighted by molar-refractivity contribution is 0.107. The van der Waals surface area contributed by atoms with Crippen LogP contribution in [0.15, 0.2) is 109 Å². The van der Waals surface area contributed by atoms with Crippen molar-refractivity contribution in [1.29, 1.82) is 0 Å². The van der Waals surface area contributed by atoms with E-state index in [1.54, 1.807) is 12.1 Å². The van der Waals surface area contributed by atoms with Crippen molar-refractivity contribution in [1.82, 2.24) is 0 Å². The van der Waals surface area contributed by atoms with E-state index in [0.29, 0.717) is 12.1 Å². The SMILES string of the molecule is CCCCc1ccc(C#Cc2ccc(CC(Nc3ccc(O)c(C(=O)Cl)c3)c3cccc4ccccc34)cc2)cc1. The zero-order chi connectivity index (χ0) is 28.6. The highest BCUT2D eigenvalue weighted by atomic mass is 35.5. The van der Waals surface area contributed by atoms with Crippen LogP contribution in [0.25, 0.3) is 10.8 Å². The first kappa shape index (κ1) is 28.0. The quantitative estimate of drug-likeness (QED) is 0.108. The van der Waals surface area contributed by atoms with Crippen molar-refractivity contribution >= 4 is 33.3 Å². The normalized spacial score (nSPS) is 11.5. The smallest absolute Gasteiger partial charge is 0.256 e. The summed E-state index contributed by atoms with van der Waals surface area (Å²) in [5, 5.41) is 15.3. The molecular formula is C37H32ClNO2. The van der Waals surface area contributed by atoms with Crippen LogP contribution in [0.4, 0.5) is 5.69 Å². The van der Waals surface area contributed by atoms with Gasteiger partial charge in [0.2, 0.25) is 0 Å². The van der Waals surface area contributed by atoms with Crippen molar-refractivity contribution in [2.45, 2.75) is 38.6 Å². The molecule has 0 bridgehead atoms. The summed E-state index contributed by atoms with van der Waals surface area (Å²) in [6.07, 6.45) is 4.21. The highest BCUT2D eigenvalue weighted by molar-refractivity contribution is 6.68. The van der Waals surface area contributed by atoms with Crippen molar-refractivity contribution in [3.8, 4) is 17.6 Å². The zero-order valence-electron chi connectivity index (χ0n) is 23.0. The Morgan fingerprint density at radius 1 is 0.829 bits per heavy atom. The number of anilines is 1. The molecule has 0 spiro atoms. The Bertz CT molecular complexity index is 1710. The fraction of sp³-hybridized carbons (Fsp3) is 0.162. The molecule has 204 valence electrons. The van der Waals surface area contributed by atoms with Crippen LogP contribution in [0.5, 0.6) is 5.75 Å². The zero-order valence-corrected chi connectivity index (χ0v) is 23.8. The molecule has 5 aromatic carbocycles. The van der Waals surface area contributed by atoms with Crippen LogP contribution >= 0.6 is 11.6 Å². The monoisotopic (exact) mass is 557 g/mol. The van der Waals surface area contributed by atoms with Gasteiger partial charge in [-0.15, -0.1) is 0 Å². The van der Waals surface area contributed by atoms with Crippen LogP contribution in [-0.2, 0) is 12.8 Å². The molecule has 4 heteroatoms. The van der Waals surface area contributed by atoms with Gasteiger partial charge in [-0.2, -0.15) is 0 Å². The van der Waals surface area contributed by atoms with Gasteiger partial charge in [0.25, 0.3) is 5.24 Å². The highest BCUT2D eigenvalue weighted by Crippen LogP contribution is 2.32. The van der Waals surface area contributed by atoms with Crippen molar-refractivity contribution in [2.75, 3.05) is 5.32 Å². The molecule has 0 radical (unpaired) electrons. The summed E-state index contributed by atoms with van der Waals surface area (Å²) in [5.41, 5.74) is 6.39. The number of phenolic OH excluding ortho intramolecular Hbond substituents is 1. The number of nitrogens with one attached hydrogen (secondary N) is 1. The van der Waals surface area contributed by atoms with E-state index in [4.69, 9.17) is 11.6 Å². The first-order chi connectivity index (χ1) is 20.0. The van der Waals surface area contributed by atoms with E-state index in [1.165, 1.54) is 24.5 Å². The highest BCUT2D eigenvalue weighted by Gasteiger charge is 2.17. The minimum Gasteiger partial charge on any atom is -0.507 e. The Morgan fingerprint density at radius 2 is 1.49 bits per heavy atom. The molecule has 0 saturated carbocycles. The van der Waals surface area contributed by atoms with Gasteiger partial charge in [-0.1, -0.05) is 91.9 Å². The minimum atomic E-state index is -0.697. The average molecular weight is 558 g/mol. The summed E-state index contributed by atoms with van der Waals surface area (Å²) in [5.74, 6) is 6.43. The number of hydrogen-bond donors (Lipinski definition) is 2. The molecule has 5 rings (SSSR count). The van der Waals surface area contributed by atoms with E-state index in [-0.39, 0.29) is 17.4 Å². The van der Waals surface area contributed by atoms with Crippen molar-refractivity contribution < 1.29 is 9.90 Å². The Morgan fingerprint density at radius 3 is 2.17 bits per heavy atom. The predicted octanol–water partition coefficient (Wildman–Crippen LogP) is 9.06. The van der Waals surface area contributed by atoms with Crippen LogP contribution in [0.3, 0.4) is 0 Å². The third-order valence-electron chi connectivity index (χ3n) is 7.27. The largest absolute Gasteiger partial charge is 0.507 e. The molecule has 0 aliphatic rings. The maximum atomic E-state index is 11.8. The predicted molar refractivity (Wildman–Crippen MR) is 170 cm³/mol. The van der Waals surface area contributed by atoms with E-state index in [1.807, 2.05) is 12.1 Å². The number of rotatable bonds is 9. The van der Waals surface area contributed by atoms with Gasteiger partial charge in [0.1, 0.15) is 5.75 Å². The number of aryl methyl sites for hydroxylation is 1. The van der Waals surface area contributed by atoms with E-state index in [2.05, 4.69) is 103 Å². The maximum absolute atomic E-state index is 11.8. The van der Waals surface area contributed by atoms with E-state index in [0.717, 1.165) is 39.4 Å². The van der Waals surface area contributed by atoms with Gasteiger partial charge in [-0.25, -0.2) is 0 Å². The van der Waals surface area contributed by atoms with Crippen LogP contribution in [-0.4, -0.2) is 10.3 Å². The standard InChI is InChI=1S/C37H32ClNO2/c1-2-3-7-26-12-14-27(15-13-26)16-17-28-18-20-29(21-19-28)24-35(33-11-6-9-30-8-4-5-10-32(30)33)39-31-22-23-36(40)34(25-31)37(38)41/h4-6,8-15,18-23,25,35,39-40H,2-3,7,24H2,1H3. The fourth-order valence-electron chi connectivity index (χ4n) is 5.02. The number of hydrogen-bond acceptors (Lipinski definition) is 3. The van der Waals surface area contributed by atoms with Gasteiger partial charge in [-0.3, -0.25) is 4.79 Å². The van der Waals surface area contributed by atoms with Crippen LogP contribution in [0.2, 0.25) is 0 Å². The molecule has 3 nitrogen and oxygen atoms in total. The average Bonchev–Trinajstić information content (AvgIpc) is 3.00. The fourth-order valence-corrected chi connectivity index (χ4v) is 5.17. The van der Waals surface area contributed by atoms with Gasteiger partial charge in [-0.05, 0) is 101 Å². The number of carbonyl (C=O) groups is 1. The summed E-state index contributed by atoms with van der Waals surface area (Å²) in [7, 11) is 0. The second kappa shape index (κ2) is 13.2. The van der Waals surface area contributed by atoms with Gasteiger partial charge < -0.3 is 10.4 Å². The Balaban J connectivity index is 1.39. The minimum absolute atomic E-state index is 0.0758. The lowest BCUT2D eigenvalue weighted by atomic mass is 9.93. The van der Waals surface area contributed by atoms with E-state index in [9.17, 15) is 9.90 Å². The molecule has 1 atom stereocenters. The number of carbonyl (C=O) groups excluding carboxylic acids is 1. The second-order valence-corrected chi connectivity index (χ2v) is 10.6. The van der Waals surface area contributed by atoms with Crippen molar-refractivity contribution in [2.24, 2.45) is 0 Å². The molecule has 1 unspecified atom stereocenters. The molecule has 0 heterocycles. The Kier molecular flexibility index (Phi) is 9.04. The third kappa shape index (κ3) is 7.17. The Hall–Kier alpha value is -4.52. The van der Waals surface area contributed by atoms with Crippen LogP contribution in [0.1, 0.15) is 64.0 Å². The third-order valence-corrected chi connectivity index (χ3v) is 7.47. The molecule has 0 saturated heterocycles. The molecule has 0 aromatic heterocycles. The molecule has 0 aliphatic carbocycles. The molecule has 41 heavy (non-hydrogen) atoms. The molecule has 0 fully saturated rings. The number of halogens is 1. The summed E-state index contributed by atoms with van der Waals surface area (Å²) >= 11 is 5.71. The van der Waals surface area contributed by atoms with Gasteiger partial charge >= 0.3 is 0 Å². The Labute approximate surface area is 246 Å². The number of aromatic hydroxyl groups is 1. The number of unbranched alkanes of at least 4 members (excludes halogenated alkanes) is 1. The second-order valence-electron chi connectivity index (χ2n) is 10.2. The summed E-state index contributed by atoms with van der Waals surface area (Å²) in [4.78, 5) is 11.8. The topological polar surface area (TPSA) is 49.3 Å². The van der Waals surface area contributed by atoms with E-state index < -0.39 is 5.24 Å². The summed E-state index contributed by atoms with van der Waals surface area (Å²) in [6.45, 7) is 2.21.